The average Bonchev–Trinajstić information content (AvgIpc) is 2.18. The number of benzene rings is 1. The maximum absolute atomic E-state index is 11.8. The van der Waals surface area contributed by atoms with Crippen LogP contribution in [0, 0.1) is 6.92 Å². The molecule has 0 spiro atoms. The molecule has 0 N–H and O–H groups in total. The van der Waals surface area contributed by atoms with Crippen LogP contribution in [0.25, 0.3) is 0 Å². The van der Waals surface area contributed by atoms with Crippen molar-refractivity contribution < 1.29 is 9.59 Å². The summed E-state index contributed by atoms with van der Waals surface area (Å²) in [5, 5.41) is 0. The van der Waals surface area contributed by atoms with Gasteiger partial charge in [0.2, 0.25) is 5.91 Å². The van der Waals surface area contributed by atoms with E-state index in [9.17, 15) is 9.59 Å². The van der Waals surface area contributed by atoms with Crippen molar-refractivity contribution in [3.63, 3.8) is 0 Å². The van der Waals surface area contributed by atoms with Crippen molar-refractivity contribution in [2.75, 3.05) is 6.54 Å². The molecule has 0 aliphatic heterocycles. The van der Waals surface area contributed by atoms with E-state index in [4.69, 9.17) is 6.92 Å². The smallest absolute Gasteiger partial charge is 0.260 e. The molecular formula is C12H13NO2. The zero-order valence-electron chi connectivity index (χ0n) is 8.86. The summed E-state index contributed by atoms with van der Waals surface area (Å²) in [5.41, 5.74) is 0.951. The van der Waals surface area contributed by atoms with Crippen molar-refractivity contribution in [1.82, 2.24) is 4.90 Å². The second-order valence-corrected chi connectivity index (χ2v) is 3.19. The number of carbonyl (C=O) groups excluding carboxylic acids is 2. The Morgan fingerprint density at radius 2 is 2.07 bits per heavy atom. The van der Waals surface area contributed by atoms with Crippen LogP contribution in [-0.4, -0.2) is 23.3 Å². The van der Waals surface area contributed by atoms with Gasteiger partial charge >= 0.3 is 0 Å². The molecule has 78 valence electrons. The minimum Gasteiger partial charge on any atom is -0.279 e. The number of hydrogen-bond acceptors (Lipinski definition) is 2. The van der Waals surface area contributed by atoms with Crippen LogP contribution in [0.15, 0.2) is 24.3 Å². The molecule has 1 aromatic rings. The quantitative estimate of drug-likeness (QED) is 0.734. The van der Waals surface area contributed by atoms with Gasteiger partial charge in [0.25, 0.3) is 5.91 Å². The van der Waals surface area contributed by atoms with E-state index < -0.39 is 0 Å². The summed E-state index contributed by atoms with van der Waals surface area (Å²) in [5.74, 6) is -0.567. The highest BCUT2D eigenvalue weighted by molar-refractivity contribution is 6.04. The molecule has 2 amide bonds. The van der Waals surface area contributed by atoms with E-state index >= 15 is 0 Å². The molecule has 0 atom stereocenters. The Morgan fingerprint density at radius 3 is 2.53 bits per heavy atom. The van der Waals surface area contributed by atoms with Crippen LogP contribution in [0.3, 0.4) is 0 Å². The minimum atomic E-state index is -0.308. The fraction of sp³-hybridized carbons (Fsp3) is 0.250. The maximum Gasteiger partial charge on any atom is 0.260 e. The van der Waals surface area contributed by atoms with Crippen molar-refractivity contribution in [2.24, 2.45) is 0 Å². The Morgan fingerprint density at radius 1 is 1.40 bits per heavy atom. The monoisotopic (exact) mass is 203 g/mol. The van der Waals surface area contributed by atoms with Gasteiger partial charge in [-0.3, -0.25) is 14.5 Å². The molecule has 0 aliphatic rings. The van der Waals surface area contributed by atoms with E-state index in [0.29, 0.717) is 17.7 Å². The molecule has 3 heteroatoms. The highest BCUT2D eigenvalue weighted by atomic mass is 16.2. The first-order valence-electron chi connectivity index (χ1n) is 4.74. The van der Waals surface area contributed by atoms with Gasteiger partial charge in [-0.2, -0.15) is 0 Å². The third kappa shape index (κ3) is 2.65. The van der Waals surface area contributed by atoms with E-state index in [1.807, 2.05) is 0 Å². The molecule has 0 heterocycles. The van der Waals surface area contributed by atoms with Gasteiger partial charge in [0.1, 0.15) is 0 Å². The fourth-order valence-corrected chi connectivity index (χ4v) is 1.34. The average molecular weight is 203 g/mol. The van der Waals surface area contributed by atoms with Gasteiger partial charge in [0.15, 0.2) is 0 Å². The molecule has 2 radical (unpaired) electrons. The Bertz CT molecular complexity index is 385. The molecule has 0 fully saturated rings. The van der Waals surface area contributed by atoms with E-state index in [0.717, 1.165) is 0 Å². The third-order valence-electron chi connectivity index (χ3n) is 2.08. The van der Waals surface area contributed by atoms with Gasteiger partial charge < -0.3 is 0 Å². The third-order valence-corrected chi connectivity index (χ3v) is 2.08. The number of imide groups is 1. The van der Waals surface area contributed by atoms with Crippen molar-refractivity contribution in [1.29, 1.82) is 0 Å². The number of rotatable bonds is 2. The molecule has 0 saturated carbocycles. The predicted octanol–water partition coefficient (Wildman–Crippen LogP) is 1.75. The van der Waals surface area contributed by atoms with Crippen molar-refractivity contribution >= 4 is 11.8 Å². The van der Waals surface area contributed by atoms with Gasteiger partial charge in [-0.25, -0.2) is 0 Å². The van der Waals surface area contributed by atoms with E-state index in [1.54, 1.807) is 31.2 Å². The van der Waals surface area contributed by atoms with Crippen LogP contribution in [-0.2, 0) is 4.79 Å². The van der Waals surface area contributed by atoms with Crippen molar-refractivity contribution in [3.05, 3.63) is 42.3 Å². The largest absolute Gasteiger partial charge is 0.279 e. The topological polar surface area (TPSA) is 37.4 Å². The molecule has 1 rings (SSSR count). The molecule has 0 bridgehead atoms. The summed E-state index contributed by atoms with van der Waals surface area (Å²) in [4.78, 5) is 24.1. The lowest BCUT2D eigenvalue weighted by Crippen LogP contribution is -2.34. The second-order valence-electron chi connectivity index (χ2n) is 3.19. The van der Waals surface area contributed by atoms with Crippen LogP contribution < -0.4 is 0 Å². The lowest BCUT2D eigenvalue weighted by atomic mass is 10.1. The number of nitrogens with zero attached hydrogens (tertiary/aromatic N) is 1. The summed E-state index contributed by atoms with van der Waals surface area (Å²) >= 11 is 0. The summed E-state index contributed by atoms with van der Waals surface area (Å²) in [6.07, 6.45) is 0. The molecule has 1 aromatic carbocycles. The van der Waals surface area contributed by atoms with E-state index in [-0.39, 0.29) is 11.8 Å². The van der Waals surface area contributed by atoms with Crippen molar-refractivity contribution in [2.45, 2.75) is 13.8 Å². The molecular weight excluding hydrogens is 190 g/mol. The summed E-state index contributed by atoms with van der Waals surface area (Å²) in [6, 6.07) is 6.59. The number of amides is 2. The van der Waals surface area contributed by atoms with Gasteiger partial charge in [-0.1, -0.05) is 12.1 Å². The molecule has 0 unspecified atom stereocenters. The summed E-state index contributed by atoms with van der Waals surface area (Å²) in [6.45, 7) is 9.05. The van der Waals surface area contributed by atoms with Gasteiger partial charge in [-0.05, 0) is 31.5 Å². The number of carbonyl (C=O) groups is 2. The fourth-order valence-electron chi connectivity index (χ4n) is 1.34. The Balaban J connectivity index is 2.98. The van der Waals surface area contributed by atoms with E-state index in [2.05, 4.69) is 0 Å². The zero-order valence-corrected chi connectivity index (χ0v) is 8.86. The van der Waals surface area contributed by atoms with Gasteiger partial charge in [-0.15, -0.1) is 0 Å². The van der Waals surface area contributed by atoms with Crippen LogP contribution in [0.2, 0.25) is 0 Å². The second kappa shape index (κ2) is 4.73. The number of hydrogen-bond donors (Lipinski definition) is 0. The summed E-state index contributed by atoms with van der Waals surface area (Å²) < 4.78 is 0. The minimum absolute atomic E-state index is 0.259. The zero-order chi connectivity index (χ0) is 11.4. The highest BCUT2D eigenvalue weighted by Crippen LogP contribution is 2.07. The van der Waals surface area contributed by atoms with E-state index in [1.165, 1.54) is 11.8 Å². The molecule has 3 nitrogen and oxygen atoms in total. The van der Waals surface area contributed by atoms with Crippen LogP contribution in [0.4, 0.5) is 0 Å². The van der Waals surface area contributed by atoms with Gasteiger partial charge in [0, 0.05) is 19.0 Å². The van der Waals surface area contributed by atoms with Crippen LogP contribution >= 0.6 is 0 Å². The summed E-state index contributed by atoms with van der Waals surface area (Å²) in [7, 11) is 0. The SMILES string of the molecule is [CH]c1cccc(C(=O)N(CC)C(C)=O)c1. The predicted molar refractivity (Wildman–Crippen MR) is 57.2 cm³/mol. The van der Waals surface area contributed by atoms with Crippen LogP contribution in [0.1, 0.15) is 29.8 Å². The van der Waals surface area contributed by atoms with Crippen LogP contribution in [0.5, 0.6) is 0 Å². The maximum atomic E-state index is 11.8. The molecule has 0 saturated heterocycles. The molecule has 0 aromatic heterocycles. The normalized spacial score (nSPS) is 9.80. The standard InChI is InChI=1S/C12H13NO2/c1-4-13(10(3)14)12(15)11-7-5-6-9(2)8-11/h2,5-8H,4H2,1,3H3. The molecule has 15 heavy (non-hydrogen) atoms. The first-order chi connectivity index (χ1) is 7.06. The lowest BCUT2D eigenvalue weighted by molar-refractivity contribution is -0.126. The lowest BCUT2D eigenvalue weighted by Gasteiger charge is -2.16. The first kappa shape index (κ1) is 11.4. The Kier molecular flexibility index (Phi) is 3.61. The first-order valence-corrected chi connectivity index (χ1v) is 4.74. The Labute approximate surface area is 89.7 Å². The molecule has 0 aliphatic carbocycles. The van der Waals surface area contributed by atoms with Gasteiger partial charge in [0.05, 0.1) is 0 Å². The highest BCUT2D eigenvalue weighted by Gasteiger charge is 2.17. The van der Waals surface area contributed by atoms with Crippen molar-refractivity contribution in [3.8, 4) is 0 Å². The Hall–Kier alpha value is -1.64.